The number of para-hydroxylation sites is 1. The van der Waals surface area contributed by atoms with E-state index in [1.54, 1.807) is 0 Å². The molecule has 0 radical (unpaired) electrons. The van der Waals surface area contributed by atoms with Crippen LogP contribution in [0.15, 0.2) is 72.8 Å². The maximum atomic E-state index is 12.6. The van der Waals surface area contributed by atoms with Gasteiger partial charge in [-0.2, -0.15) is 0 Å². The molecule has 0 bridgehead atoms. The van der Waals surface area contributed by atoms with Crippen LogP contribution in [-0.4, -0.2) is 37.0 Å². The number of hydrogen-bond donors (Lipinski definition) is 1. The third kappa shape index (κ3) is 4.41. The molecule has 134 valence electrons. The number of nitrogens with zero attached hydrogens (tertiary/aromatic N) is 1. The Bertz CT molecular complexity index is 859. The van der Waals surface area contributed by atoms with Crippen LogP contribution in [0.3, 0.4) is 0 Å². The molecule has 1 atom stereocenters. The third-order valence-corrected chi connectivity index (χ3v) is 4.54. The fourth-order valence-corrected chi connectivity index (χ4v) is 2.79. The van der Waals surface area contributed by atoms with Crippen LogP contribution in [0.5, 0.6) is 5.75 Å². The van der Waals surface area contributed by atoms with Gasteiger partial charge in [-0.1, -0.05) is 54.6 Å². The van der Waals surface area contributed by atoms with E-state index < -0.39 is 0 Å². The minimum absolute atomic E-state index is 0.0245. The standard InChI is InChI=1S/C22H24N2O2/c1-17(24(2)15-16-26-19-11-4-3-5-12-19)22(25)23-21-14-8-10-18-9-6-7-13-20(18)21/h3-14,17H,15-16H2,1-2H3,(H,23,25). The largest absolute Gasteiger partial charge is 0.492 e. The number of nitrogens with one attached hydrogen (secondary N) is 1. The fraction of sp³-hybridized carbons (Fsp3) is 0.227. The Morgan fingerprint density at radius 3 is 2.50 bits per heavy atom. The van der Waals surface area contributed by atoms with Gasteiger partial charge in [-0.25, -0.2) is 0 Å². The molecule has 0 aliphatic heterocycles. The van der Waals surface area contributed by atoms with Crippen LogP contribution < -0.4 is 10.1 Å². The summed E-state index contributed by atoms with van der Waals surface area (Å²) in [5.74, 6) is 0.817. The number of carbonyl (C=O) groups excluding carboxylic acids is 1. The molecule has 3 aromatic rings. The first-order valence-corrected chi connectivity index (χ1v) is 8.82. The first kappa shape index (κ1) is 18.0. The molecular formula is C22H24N2O2. The average Bonchev–Trinajstić information content (AvgIpc) is 2.68. The monoisotopic (exact) mass is 348 g/mol. The molecule has 0 spiro atoms. The van der Waals surface area contributed by atoms with Crippen molar-refractivity contribution in [2.75, 3.05) is 25.5 Å². The molecule has 1 N–H and O–H groups in total. The van der Waals surface area contributed by atoms with E-state index in [1.165, 1.54) is 0 Å². The molecule has 4 nitrogen and oxygen atoms in total. The lowest BCUT2D eigenvalue weighted by molar-refractivity contribution is -0.120. The lowest BCUT2D eigenvalue weighted by Gasteiger charge is -2.24. The van der Waals surface area contributed by atoms with Gasteiger partial charge in [0.15, 0.2) is 0 Å². The summed E-state index contributed by atoms with van der Waals surface area (Å²) < 4.78 is 5.71. The normalized spacial score (nSPS) is 12.1. The molecule has 3 rings (SSSR count). The first-order chi connectivity index (χ1) is 12.6. The summed E-state index contributed by atoms with van der Waals surface area (Å²) >= 11 is 0. The van der Waals surface area contributed by atoms with E-state index in [9.17, 15) is 4.79 Å². The smallest absolute Gasteiger partial charge is 0.241 e. The Balaban J connectivity index is 1.56. The van der Waals surface area contributed by atoms with E-state index in [4.69, 9.17) is 4.74 Å². The molecule has 0 saturated heterocycles. The Morgan fingerprint density at radius 1 is 1.00 bits per heavy atom. The minimum Gasteiger partial charge on any atom is -0.492 e. The molecule has 3 aromatic carbocycles. The van der Waals surface area contributed by atoms with Crippen molar-refractivity contribution in [3.05, 3.63) is 72.8 Å². The molecule has 1 unspecified atom stereocenters. The summed E-state index contributed by atoms with van der Waals surface area (Å²) in [5.41, 5.74) is 0.842. The van der Waals surface area contributed by atoms with Gasteiger partial charge >= 0.3 is 0 Å². The van der Waals surface area contributed by atoms with Gasteiger partial charge < -0.3 is 10.1 Å². The van der Waals surface area contributed by atoms with Crippen LogP contribution in [-0.2, 0) is 4.79 Å². The van der Waals surface area contributed by atoms with Crippen molar-refractivity contribution >= 4 is 22.4 Å². The molecule has 0 saturated carbocycles. The van der Waals surface area contributed by atoms with Crippen LogP contribution in [0, 0.1) is 0 Å². The number of ether oxygens (including phenoxy) is 1. The number of anilines is 1. The van der Waals surface area contributed by atoms with Gasteiger partial charge in [-0.15, -0.1) is 0 Å². The summed E-state index contributed by atoms with van der Waals surface area (Å²) in [4.78, 5) is 14.6. The van der Waals surface area contributed by atoms with E-state index in [0.29, 0.717) is 13.2 Å². The van der Waals surface area contributed by atoms with Crippen molar-refractivity contribution in [2.45, 2.75) is 13.0 Å². The minimum atomic E-state index is -0.256. The Morgan fingerprint density at radius 2 is 1.69 bits per heavy atom. The van der Waals surface area contributed by atoms with Crippen LogP contribution in [0.1, 0.15) is 6.92 Å². The Kier molecular flexibility index (Phi) is 5.87. The number of hydrogen-bond acceptors (Lipinski definition) is 3. The second-order valence-corrected chi connectivity index (χ2v) is 6.33. The predicted molar refractivity (Wildman–Crippen MR) is 107 cm³/mol. The van der Waals surface area contributed by atoms with Gasteiger partial charge in [0.1, 0.15) is 12.4 Å². The number of rotatable bonds is 7. The van der Waals surface area contributed by atoms with E-state index in [2.05, 4.69) is 5.32 Å². The second kappa shape index (κ2) is 8.50. The average molecular weight is 348 g/mol. The molecule has 0 aromatic heterocycles. The van der Waals surface area contributed by atoms with Gasteiger partial charge in [0, 0.05) is 17.6 Å². The molecule has 0 aliphatic carbocycles. The first-order valence-electron chi connectivity index (χ1n) is 8.82. The zero-order valence-electron chi connectivity index (χ0n) is 15.2. The van der Waals surface area contributed by atoms with Crippen LogP contribution in [0.2, 0.25) is 0 Å². The third-order valence-electron chi connectivity index (χ3n) is 4.54. The second-order valence-electron chi connectivity index (χ2n) is 6.33. The zero-order chi connectivity index (χ0) is 18.4. The number of fused-ring (bicyclic) bond motifs is 1. The molecule has 26 heavy (non-hydrogen) atoms. The van der Waals surface area contributed by atoms with Crippen LogP contribution in [0.25, 0.3) is 10.8 Å². The summed E-state index contributed by atoms with van der Waals surface area (Å²) in [6.45, 7) is 3.11. The van der Waals surface area contributed by atoms with Crippen molar-refractivity contribution in [1.82, 2.24) is 4.90 Å². The van der Waals surface area contributed by atoms with Crippen molar-refractivity contribution < 1.29 is 9.53 Å². The van der Waals surface area contributed by atoms with Gasteiger partial charge in [-0.3, -0.25) is 9.69 Å². The lowest BCUT2D eigenvalue weighted by atomic mass is 10.1. The summed E-state index contributed by atoms with van der Waals surface area (Å²) in [7, 11) is 1.93. The SMILES string of the molecule is CC(C(=O)Nc1cccc2ccccc12)N(C)CCOc1ccccc1. The highest BCUT2D eigenvalue weighted by atomic mass is 16.5. The van der Waals surface area contributed by atoms with Crippen LogP contribution >= 0.6 is 0 Å². The Labute approximate surface area is 154 Å². The molecule has 0 fully saturated rings. The Hall–Kier alpha value is -2.85. The van der Waals surface area contributed by atoms with Gasteiger partial charge in [0.2, 0.25) is 5.91 Å². The van der Waals surface area contributed by atoms with E-state index in [1.807, 2.05) is 91.7 Å². The van der Waals surface area contributed by atoms with E-state index >= 15 is 0 Å². The van der Waals surface area contributed by atoms with Crippen molar-refractivity contribution in [3.8, 4) is 5.75 Å². The fourth-order valence-electron chi connectivity index (χ4n) is 2.79. The maximum Gasteiger partial charge on any atom is 0.241 e. The van der Waals surface area contributed by atoms with Gasteiger partial charge in [0.25, 0.3) is 0 Å². The van der Waals surface area contributed by atoms with Crippen molar-refractivity contribution in [3.63, 3.8) is 0 Å². The molecular weight excluding hydrogens is 324 g/mol. The zero-order valence-corrected chi connectivity index (χ0v) is 15.2. The number of carbonyl (C=O) groups is 1. The lowest BCUT2D eigenvalue weighted by Crippen LogP contribution is -2.41. The van der Waals surface area contributed by atoms with Crippen LogP contribution in [0.4, 0.5) is 5.69 Å². The summed E-state index contributed by atoms with van der Waals surface area (Å²) in [6.07, 6.45) is 0. The number of benzene rings is 3. The maximum absolute atomic E-state index is 12.6. The van der Waals surface area contributed by atoms with Crippen molar-refractivity contribution in [2.24, 2.45) is 0 Å². The highest BCUT2D eigenvalue weighted by Crippen LogP contribution is 2.23. The quantitative estimate of drug-likeness (QED) is 0.696. The summed E-state index contributed by atoms with van der Waals surface area (Å²) in [6, 6.07) is 23.4. The topological polar surface area (TPSA) is 41.6 Å². The molecule has 0 aliphatic rings. The molecule has 1 amide bonds. The van der Waals surface area contributed by atoms with Gasteiger partial charge in [-0.05, 0) is 37.6 Å². The highest BCUT2D eigenvalue weighted by molar-refractivity contribution is 6.03. The van der Waals surface area contributed by atoms with E-state index in [-0.39, 0.29) is 11.9 Å². The number of amides is 1. The van der Waals surface area contributed by atoms with E-state index in [0.717, 1.165) is 22.2 Å². The molecule has 0 heterocycles. The highest BCUT2D eigenvalue weighted by Gasteiger charge is 2.18. The van der Waals surface area contributed by atoms with Gasteiger partial charge in [0.05, 0.1) is 6.04 Å². The number of likely N-dealkylation sites (N-methyl/N-ethyl adjacent to an activating group) is 1. The van der Waals surface area contributed by atoms with Crippen molar-refractivity contribution in [1.29, 1.82) is 0 Å². The summed E-state index contributed by atoms with van der Waals surface area (Å²) in [5, 5.41) is 5.21. The predicted octanol–water partition coefficient (Wildman–Crippen LogP) is 4.18. The molecule has 4 heteroatoms.